The van der Waals surface area contributed by atoms with E-state index in [-0.39, 0.29) is 6.04 Å². The molecule has 0 bridgehead atoms. The molecule has 1 aromatic carbocycles. The van der Waals surface area contributed by atoms with E-state index in [4.69, 9.17) is 4.74 Å². The van der Waals surface area contributed by atoms with E-state index >= 15 is 0 Å². The molecule has 0 aliphatic carbocycles. The van der Waals surface area contributed by atoms with E-state index in [1.165, 1.54) is 12.1 Å². The van der Waals surface area contributed by atoms with E-state index in [2.05, 4.69) is 15.6 Å². The number of hydrogen-bond acceptors (Lipinski definition) is 2. The highest BCUT2D eigenvalue weighted by atomic mass is 19.1. The highest BCUT2D eigenvalue weighted by molar-refractivity contribution is 5.79. The van der Waals surface area contributed by atoms with Gasteiger partial charge < -0.3 is 15.4 Å². The molecule has 0 aromatic heterocycles. The molecule has 6 heteroatoms. The monoisotopic (exact) mass is 285 g/mol. The van der Waals surface area contributed by atoms with Crippen LogP contribution in [0.1, 0.15) is 12.5 Å². The van der Waals surface area contributed by atoms with Gasteiger partial charge in [0.2, 0.25) is 0 Å². The fourth-order valence-corrected chi connectivity index (χ4v) is 1.80. The highest BCUT2D eigenvalue weighted by Crippen LogP contribution is 2.07. The molecule has 0 aliphatic rings. The summed E-state index contributed by atoms with van der Waals surface area (Å²) in [5.74, 6) is -0.487. The molecule has 1 atom stereocenters. The summed E-state index contributed by atoms with van der Waals surface area (Å²) in [4.78, 5) is 4.07. The number of aliphatic imine (C=N–C) groups is 1. The second kappa shape index (κ2) is 8.47. The summed E-state index contributed by atoms with van der Waals surface area (Å²) in [6.45, 7) is 3.07. The first-order valence-electron chi connectivity index (χ1n) is 6.46. The molecular weight excluding hydrogens is 264 g/mol. The third-order valence-electron chi connectivity index (χ3n) is 2.65. The van der Waals surface area contributed by atoms with Gasteiger partial charge in [-0.15, -0.1) is 0 Å². The van der Waals surface area contributed by atoms with Crippen molar-refractivity contribution in [2.75, 3.05) is 27.3 Å². The third kappa shape index (κ3) is 5.97. The van der Waals surface area contributed by atoms with E-state index in [0.29, 0.717) is 31.1 Å². The lowest BCUT2D eigenvalue weighted by Gasteiger charge is -2.17. The molecule has 0 amide bonds. The number of benzene rings is 1. The lowest BCUT2D eigenvalue weighted by Crippen LogP contribution is -2.44. The SMILES string of the molecule is CN=C(NCCc1cc(F)cc(F)c1)NC(C)COC. The lowest BCUT2D eigenvalue weighted by atomic mass is 10.1. The summed E-state index contributed by atoms with van der Waals surface area (Å²) in [5.41, 5.74) is 0.607. The maximum Gasteiger partial charge on any atom is 0.191 e. The van der Waals surface area contributed by atoms with Crippen molar-refractivity contribution in [2.24, 2.45) is 4.99 Å². The average Bonchev–Trinajstić information content (AvgIpc) is 2.36. The van der Waals surface area contributed by atoms with Crippen LogP contribution in [-0.4, -0.2) is 39.3 Å². The topological polar surface area (TPSA) is 45.7 Å². The van der Waals surface area contributed by atoms with Gasteiger partial charge in [-0.2, -0.15) is 0 Å². The van der Waals surface area contributed by atoms with E-state index in [1.807, 2.05) is 6.92 Å². The van der Waals surface area contributed by atoms with Crippen LogP contribution in [0.15, 0.2) is 23.2 Å². The molecule has 1 rings (SSSR count). The van der Waals surface area contributed by atoms with Crippen molar-refractivity contribution >= 4 is 5.96 Å². The quantitative estimate of drug-likeness (QED) is 0.618. The number of ether oxygens (including phenoxy) is 1. The van der Waals surface area contributed by atoms with E-state index < -0.39 is 11.6 Å². The maximum absolute atomic E-state index is 13.0. The summed E-state index contributed by atoms with van der Waals surface area (Å²) < 4.78 is 31.1. The Hall–Kier alpha value is -1.69. The van der Waals surface area contributed by atoms with Crippen LogP contribution in [0.4, 0.5) is 8.78 Å². The lowest BCUT2D eigenvalue weighted by molar-refractivity contribution is 0.179. The molecular formula is C14H21F2N3O. The largest absolute Gasteiger partial charge is 0.383 e. The van der Waals surface area contributed by atoms with Crippen molar-refractivity contribution in [1.29, 1.82) is 0 Å². The van der Waals surface area contributed by atoms with Gasteiger partial charge in [0.1, 0.15) is 11.6 Å². The predicted octanol–water partition coefficient (Wildman–Crippen LogP) is 1.71. The van der Waals surface area contributed by atoms with Crippen LogP contribution in [-0.2, 0) is 11.2 Å². The Morgan fingerprint density at radius 3 is 2.50 bits per heavy atom. The Balaban J connectivity index is 2.41. The van der Waals surface area contributed by atoms with E-state index in [0.717, 1.165) is 6.07 Å². The van der Waals surface area contributed by atoms with Crippen LogP contribution in [0, 0.1) is 11.6 Å². The molecule has 0 heterocycles. The highest BCUT2D eigenvalue weighted by Gasteiger charge is 2.05. The van der Waals surface area contributed by atoms with Crippen LogP contribution in [0.2, 0.25) is 0 Å². The molecule has 0 saturated heterocycles. The van der Waals surface area contributed by atoms with E-state index in [1.54, 1.807) is 14.2 Å². The van der Waals surface area contributed by atoms with Gasteiger partial charge in [-0.3, -0.25) is 4.99 Å². The molecule has 0 radical (unpaired) electrons. The van der Waals surface area contributed by atoms with Crippen molar-refractivity contribution in [3.63, 3.8) is 0 Å². The zero-order valence-corrected chi connectivity index (χ0v) is 12.0. The minimum absolute atomic E-state index is 0.123. The molecule has 0 aliphatic heterocycles. The predicted molar refractivity (Wildman–Crippen MR) is 75.9 cm³/mol. The minimum atomic E-state index is -0.559. The van der Waals surface area contributed by atoms with Gasteiger partial charge in [0, 0.05) is 32.8 Å². The van der Waals surface area contributed by atoms with Crippen LogP contribution in [0.5, 0.6) is 0 Å². The first-order chi connectivity index (χ1) is 9.55. The van der Waals surface area contributed by atoms with Gasteiger partial charge in [0.15, 0.2) is 5.96 Å². The second-order valence-electron chi connectivity index (χ2n) is 4.53. The molecule has 0 fully saturated rings. The van der Waals surface area contributed by atoms with Crippen molar-refractivity contribution in [2.45, 2.75) is 19.4 Å². The molecule has 20 heavy (non-hydrogen) atoms. The summed E-state index contributed by atoms with van der Waals surface area (Å²) in [7, 11) is 3.30. The number of methoxy groups -OCH3 is 1. The first kappa shape index (κ1) is 16.4. The number of guanidine groups is 1. The summed E-state index contributed by atoms with van der Waals surface area (Å²) in [6, 6.07) is 3.64. The van der Waals surface area contributed by atoms with Gasteiger partial charge in [-0.25, -0.2) is 8.78 Å². The smallest absolute Gasteiger partial charge is 0.191 e. The molecule has 0 saturated carbocycles. The normalized spacial score (nSPS) is 13.2. The number of hydrogen-bond donors (Lipinski definition) is 2. The molecule has 0 spiro atoms. The average molecular weight is 285 g/mol. The Morgan fingerprint density at radius 2 is 1.95 bits per heavy atom. The van der Waals surface area contributed by atoms with Crippen molar-refractivity contribution in [3.05, 3.63) is 35.4 Å². The number of nitrogens with zero attached hydrogens (tertiary/aromatic N) is 1. The third-order valence-corrected chi connectivity index (χ3v) is 2.65. The fraction of sp³-hybridized carbons (Fsp3) is 0.500. The van der Waals surface area contributed by atoms with Gasteiger partial charge in [-0.1, -0.05) is 0 Å². The molecule has 2 N–H and O–H groups in total. The summed E-state index contributed by atoms with van der Waals surface area (Å²) in [5, 5.41) is 6.23. The van der Waals surface area contributed by atoms with Gasteiger partial charge in [0.05, 0.1) is 6.61 Å². The van der Waals surface area contributed by atoms with Gasteiger partial charge in [0.25, 0.3) is 0 Å². The first-order valence-corrected chi connectivity index (χ1v) is 6.46. The maximum atomic E-state index is 13.0. The molecule has 1 unspecified atom stereocenters. The molecule has 1 aromatic rings. The molecule has 112 valence electrons. The zero-order valence-electron chi connectivity index (χ0n) is 12.0. The Labute approximate surface area is 118 Å². The van der Waals surface area contributed by atoms with Gasteiger partial charge >= 0.3 is 0 Å². The Kier molecular flexibility index (Phi) is 6.93. The number of rotatable bonds is 6. The second-order valence-corrected chi connectivity index (χ2v) is 4.53. The van der Waals surface area contributed by atoms with Gasteiger partial charge in [-0.05, 0) is 31.0 Å². The van der Waals surface area contributed by atoms with Crippen LogP contribution in [0.3, 0.4) is 0 Å². The van der Waals surface area contributed by atoms with Crippen LogP contribution in [0.25, 0.3) is 0 Å². The number of halogens is 2. The van der Waals surface area contributed by atoms with E-state index in [9.17, 15) is 8.78 Å². The fourth-order valence-electron chi connectivity index (χ4n) is 1.80. The Bertz CT molecular complexity index is 432. The standard InChI is InChI=1S/C14H21F2N3O/c1-10(9-20-3)19-14(17-2)18-5-4-11-6-12(15)8-13(16)7-11/h6-8,10H,4-5,9H2,1-3H3,(H2,17,18,19). The molecule has 4 nitrogen and oxygen atoms in total. The van der Waals surface area contributed by atoms with Crippen LogP contribution >= 0.6 is 0 Å². The van der Waals surface area contributed by atoms with Crippen molar-refractivity contribution in [1.82, 2.24) is 10.6 Å². The van der Waals surface area contributed by atoms with Crippen molar-refractivity contribution in [3.8, 4) is 0 Å². The number of nitrogens with one attached hydrogen (secondary N) is 2. The van der Waals surface area contributed by atoms with Crippen molar-refractivity contribution < 1.29 is 13.5 Å². The zero-order chi connectivity index (χ0) is 15.0. The Morgan fingerprint density at radius 1 is 1.30 bits per heavy atom. The van der Waals surface area contributed by atoms with Crippen LogP contribution < -0.4 is 10.6 Å². The summed E-state index contributed by atoms with van der Waals surface area (Å²) in [6.07, 6.45) is 0.508. The minimum Gasteiger partial charge on any atom is -0.383 e. The summed E-state index contributed by atoms with van der Waals surface area (Å²) >= 11 is 0.